The molecule has 0 aliphatic carbocycles. The summed E-state index contributed by atoms with van der Waals surface area (Å²) in [5.74, 6) is 1.36. The topological polar surface area (TPSA) is 62.4 Å². The zero-order valence-corrected chi connectivity index (χ0v) is 14.7. The number of rotatable bonds is 7. The van der Waals surface area contributed by atoms with E-state index in [0.29, 0.717) is 23.9 Å². The van der Waals surface area contributed by atoms with E-state index in [1.165, 1.54) is 0 Å². The average molecular weight is 371 g/mol. The smallest absolute Gasteiger partial charge is 0.221 e. The van der Waals surface area contributed by atoms with Gasteiger partial charge in [-0.3, -0.25) is 4.79 Å². The predicted molar refractivity (Wildman–Crippen MR) is 95.0 cm³/mol. The Morgan fingerprint density at radius 2 is 2.14 bits per heavy atom. The Kier molecular flexibility index (Phi) is 10.3. The van der Waals surface area contributed by atoms with Crippen LogP contribution in [-0.2, 0) is 4.79 Å². The van der Waals surface area contributed by atoms with E-state index >= 15 is 0 Å². The van der Waals surface area contributed by atoms with Gasteiger partial charge in [0.25, 0.3) is 0 Å². The average Bonchev–Trinajstić information content (AvgIpc) is 2.37. The van der Waals surface area contributed by atoms with Crippen molar-refractivity contribution in [2.75, 3.05) is 38.6 Å². The standard InChI is InChI=1S/C14H20ClN3O2.2ClH/c1-20-13-3-2-11(15)6-12(13)17-5-4-14(19)18-9-10-7-16-8-10;;/h2-3,6,10,16-17H,4-5,7-9H2,1H3,(H,18,19);2*1H. The first-order chi connectivity index (χ1) is 9.69. The van der Waals surface area contributed by atoms with E-state index in [1.807, 2.05) is 0 Å². The lowest BCUT2D eigenvalue weighted by molar-refractivity contribution is -0.121. The fraction of sp³-hybridized carbons (Fsp3) is 0.500. The van der Waals surface area contributed by atoms with Crippen molar-refractivity contribution in [3.63, 3.8) is 0 Å². The van der Waals surface area contributed by atoms with Gasteiger partial charge < -0.3 is 20.7 Å². The van der Waals surface area contributed by atoms with Crippen LogP contribution in [0.1, 0.15) is 6.42 Å². The minimum absolute atomic E-state index is 0. The molecule has 0 spiro atoms. The molecule has 0 bridgehead atoms. The maximum atomic E-state index is 11.7. The summed E-state index contributed by atoms with van der Waals surface area (Å²) in [7, 11) is 1.60. The van der Waals surface area contributed by atoms with Crippen LogP contribution in [-0.4, -0.2) is 39.2 Å². The second-order valence-corrected chi connectivity index (χ2v) is 5.29. The van der Waals surface area contributed by atoms with E-state index in [-0.39, 0.29) is 30.7 Å². The predicted octanol–water partition coefficient (Wildman–Crippen LogP) is 2.33. The van der Waals surface area contributed by atoms with Crippen LogP contribution in [0.5, 0.6) is 5.75 Å². The molecule has 0 atom stereocenters. The van der Waals surface area contributed by atoms with E-state index in [4.69, 9.17) is 16.3 Å². The lowest BCUT2D eigenvalue weighted by Crippen LogP contribution is -2.48. The number of carbonyl (C=O) groups is 1. The fourth-order valence-corrected chi connectivity index (χ4v) is 2.14. The SMILES string of the molecule is COc1ccc(Cl)cc1NCCC(=O)NCC1CNC1.Cl.Cl. The number of ether oxygens (including phenoxy) is 1. The van der Waals surface area contributed by atoms with Crippen LogP contribution in [0, 0.1) is 5.92 Å². The highest BCUT2D eigenvalue weighted by Gasteiger charge is 2.16. The van der Waals surface area contributed by atoms with Gasteiger partial charge in [0.2, 0.25) is 5.91 Å². The zero-order chi connectivity index (χ0) is 14.4. The molecular formula is C14H22Cl3N3O2. The van der Waals surface area contributed by atoms with E-state index < -0.39 is 0 Å². The van der Waals surface area contributed by atoms with Gasteiger partial charge >= 0.3 is 0 Å². The molecule has 3 N–H and O–H groups in total. The van der Waals surface area contributed by atoms with Crippen molar-refractivity contribution in [1.29, 1.82) is 0 Å². The Labute approximate surface area is 148 Å². The number of anilines is 1. The van der Waals surface area contributed by atoms with Crippen molar-refractivity contribution in [3.8, 4) is 5.75 Å². The maximum absolute atomic E-state index is 11.7. The summed E-state index contributed by atoms with van der Waals surface area (Å²) in [6.07, 6.45) is 0.426. The van der Waals surface area contributed by atoms with Gasteiger partial charge in [-0.2, -0.15) is 0 Å². The number of halogens is 3. The lowest BCUT2D eigenvalue weighted by atomic mass is 10.0. The van der Waals surface area contributed by atoms with Gasteiger partial charge in [0.05, 0.1) is 12.8 Å². The van der Waals surface area contributed by atoms with E-state index in [1.54, 1.807) is 25.3 Å². The van der Waals surface area contributed by atoms with Crippen LogP contribution in [0.2, 0.25) is 5.02 Å². The second kappa shape index (κ2) is 10.8. The number of nitrogens with one attached hydrogen (secondary N) is 3. The summed E-state index contributed by atoms with van der Waals surface area (Å²) in [4.78, 5) is 11.7. The summed E-state index contributed by atoms with van der Waals surface area (Å²) in [5, 5.41) is 9.92. The summed E-state index contributed by atoms with van der Waals surface area (Å²) >= 11 is 5.94. The number of methoxy groups -OCH3 is 1. The van der Waals surface area contributed by atoms with Gasteiger partial charge in [0.1, 0.15) is 5.75 Å². The number of hydrogen-bond acceptors (Lipinski definition) is 4. The molecule has 0 radical (unpaired) electrons. The minimum atomic E-state index is 0. The van der Waals surface area contributed by atoms with Crippen molar-refractivity contribution in [2.45, 2.75) is 6.42 Å². The maximum Gasteiger partial charge on any atom is 0.221 e. The van der Waals surface area contributed by atoms with Gasteiger partial charge in [0, 0.05) is 43.5 Å². The highest BCUT2D eigenvalue weighted by atomic mass is 35.5. The number of amides is 1. The largest absolute Gasteiger partial charge is 0.495 e. The van der Waals surface area contributed by atoms with Crippen molar-refractivity contribution < 1.29 is 9.53 Å². The normalized spacial score (nSPS) is 13.2. The van der Waals surface area contributed by atoms with Crippen LogP contribution < -0.4 is 20.7 Å². The van der Waals surface area contributed by atoms with Gasteiger partial charge in [0.15, 0.2) is 0 Å². The van der Waals surface area contributed by atoms with Crippen molar-refractivity contribution in [2.24, 2.45) is 5.92 Å². The van der Waals surface area contributed by atoms with Gasteiger partial charge in [-0.1, -0.05) is 11.6 Å². The Morgan fingerprint density at radius 1 is 1.41 bits per heavy atom. The van der Waals surface area contributed by atoms with Crippen LogP contribution in [0.15, 0.2) is 18.2 Å². The molecule has 1 aromatic rings. The van der Waals surface area contributed by atoms with Crippen LogP contribution >= 0.6 is 36.4 Å². The van der Waals surface area contributed by atoms with Crippen molar-refractivity contribution in [1.82, 2.24) is 10.6 Å². The summed E-state index contributed by atoms with van der Waals surface area (Å²) in [6.45, 7) is 3.30. The zero-order valence-electron chi connectivity index (χ0n) is 12.4. The molecule has 1 aliphatic rings. The molecule has 1 aromatic carbocycles. The molecule has 0 unspecified atom stereocenters. The molecule has 22 heavy (non-hydrogen) atoms. The van der Waals surface area contributed by atoms with Crippen LogP contribution in [0.4, 0.5) is 5.69 Å². The molecule has 1 amide bonds. The Hall–Kier alpha value is -0.880. The summed E-state index contributed by atoms with van der Waals surface area (Å²) in [6, 6.07) is 5.36. The molecule has 0 aromatic heterocycles. The molecule has 1 aliphatic heterocycles. The van der Waals surface area contributed by atoms with Gasteiger partial charge in [-0.25, -0.2) is 0 Å². The van der Waals surface area contributed by atoms with E-state index in [0.717, 1.165) is 31.1 Å². The lowest BCUT2D eigenvalue weighted by Gasteiger charge is -2.27. The minimum Gasteiger partial charge on any atom is -0.495 e. The van der Waals surface area contributed by atoms with Crippen molar-refractivity contribution >= 4 is 48.0 Å². The highest BCUT2D eigenvalue weighted by Crippen LogP contribution is 2.27. The monoisotopic (exact) mass is 369 g/mol. The number of carbonyl (C=O) groups excluding carboxylic acids is 1. The molecule has 2 rings (SSSR count). The third kappa shape index (κ3) is 6.48. The molecule has 5 nitrogen and oxygen atoms in total. The summed E-state index contributed by atoms with van der Waals surface area (Å²) in [5.41, 5.74) is 0.802. The molecule has 1 fully saturated rings. The van der Waals surface area contributed by atoms with Crippen LogP contribution in [0.25, 0.3) is 0 Å². The van der Waals surface area contributed by atoms with Crippen LogP contribution in [0.3, 0.4) is 0 Å². The Balaban J connectivity index is 0.00000220. The first-order valence-corrected chi connectivity index (χ1v) is 7.11. The second-order valence-electron chi connectivity index (χ2n) is 4.85. The third-order valence-corrected chi connectivity index (χ3v) is 3.52. The van der Waals surface area contributed by atoms with Gasteiger partial charge in [-0.15, -0.1) is 24.8 Å². The molecule has 0 saturated carbocycles. The van der Waals surface area contributed by atoms with E-state index in [9.17, 15) is 4.79 Å². The van der Waals surface area contributed by atoms with Gasteiger partial charge in [-0.05, 0) is 18.2 Å². The highest BCUT2D eigenvalue weighted by molar-refractivity contribution is 6.30. The fourth-order valence-electron chi connectivity index (χ4n) is 1.97. The van der Waals surface area contributed by atoms with E-state index in [2.05, 4.69) is 16.0 Å². The Morgan fingerprint density at radius 3 is 2.73 bits per heavy atom. The third-order valence-electron chi connectivity index (χ3n) is 3.28. The van der Waals surface area contributed by atoms with Crippen molar-refractivity contribution in [3.05, 3.63) is 23.2 Å². The number of benzene rings is 1. The molecule has 126 valence electrons. The molecule has 1 heterocycles. The number of hydrogen-bond donors (Lipinski definition) is 3. The first-order valence-electron chi connectivity index (χ1n) is 6.74. The summed E-state index contributed by atoms with van der Waals surface area (Å²) < 4.78 is 5.23. The molecule has 1 saturated heterocycles. The molecular weight excluding hydrogens is 349 g/mol. The Bertz CT molecular complexity index is 471. The first kappa shape index (κ1) is 21.1. The quantitative estimate of drug-likeness (QED) is 0.689. The molecule has 8 heteroatoms.